The molecule has 3 atom stereocenters. The van der Waals surface area contributed by atoms with Crippen LogP contribution in [0.5, 0.6) is 0 Å². The topological polar surface area (TPSA) is 84.6 Å². The van der Waals surface area contributed by atoms with E-state index in [2.05, 4.69) is 5.32 Å². The summed E-state index contributed by atoms with van der Waals surface area (Å²) in [4.78, 5) is 11.8. The van der Waals surface area contributed by atoms with Crippen molar-refractivity contribution in [1.82, 2.24) is 5.32 Å². The van der Waals surface area contributed by atoms with Gasteiger partial charge in [0.15, 0.2) is 0 Å². The molecule has 0 radical (unpaired) electrons. The highest BCUT2D eigenvalue weighted by atomic mass is 16.5. The van der Waals surface area contributed by atoms with Crippen LogP contribution in [-0.4, -0.2) is 36.8 Å². The summed E-state index contributed by atoms with van der Waals surface area (Å²) in [7, 11) is 1.54. The van der Waals surface area contributed by atoms with Gasteiger partial charge in [-0.1, -0.05) is 30.3 Å². The first kappa shape index (κ1) is 16.6. The first-order valence-corrected chi connectivity index (χ1v) is 6.82. The van der Waals surface area contributed by atoms with Gasteiger partial charge in [0, 0.05) is 19.7 Å². The Balaban J connectivity index is 2.39. The lowest BCUT2D eigenvalue weighted by Crippen LogP contribution is -2.37. The fourth-order valence-corrected chi connectivity index (χ4v) is 2.01. The molecule has 0 fully saturated rings. The standard InChI is InChI=1S/C15H24N2O3/c1-11(17-15(19)9-13(10-16)20-2)8-14(18)12-6-4-3-5-7-12/h3-7,11,13-14,18H,8-10,16H2,1-2H3,(H,17,19). The van der Waals surface area contributed by atoms with Crippen molar-refractivity contribution in [2.75, 3.05) is 13.7 Å². The molecule has 5 heteroatoms. The highest BCUT2D eigenvalue weighted by Gasteiger charge is 2.16. The quantitative estimate of drug-likeness (QED) is 0.662. The van der Waals surface area contributed by atoms with Crippen molar-refractivity contribution in [2.45, 2.75) is 38.0 Å². The number of aliphatic hydroxyl groups excluding tert-OH is 1. The number of benzene rings is 1. The van der Waals surface area contributed by atoms with Crippen LogP contribution in [0, 0.1) is 0 Å². The lowest BCUT2D eigenvalue weighted by Gasteiger charge is -2.19. The zero-order valence-electron chi connectivity index (χ0n) is 12.1. The third kappa shape index (κ3) is 5.69. The number of nitrogens with two attached hydrogens (primary N) is 1. The van der Waals surface area contributed by atoms with E-state index in [4.69, 9.17) is 10.5 Å². The Hall–Kier alpha value is -1.43. The first-order chi connectivity index (χ1) is 9.56. The smallest absolute Gasteiger partial charge is 0.222 e. The number of ether oxygens (including phenoxy) is 1. The minimum absolute atomic E-state index is 0.116. The van der Waals surface area contributed by atoms with Crippen molar-refractivity contribution < 1.29 is 14.6 Å². The predicted molar refractivity (Wildman–Crippen MR) is 78.1 cm³/mol. The second kappa shape index (κ2) is 8.68. The molecule has 0 aromatic heterocycles. The number of rotatable bonds is 8. The summed E-state index contributed by atoms with van der Waals surface area (Å²) in [6.07, 6.45) is -0.144. The first-order valence-electron chi connectivity index (χ1n) is 6.82. The molecule has 0 saturated heterocycles. The molecular formula is C15H24N2O3. The minimum atomic E-state index is -0.584. The third-order valence-electron chi connectivity index (χ3n) is 3.18. The van der Waals surface area contributed by atoms with Gasteiger partial charge < -0.3 is 20.9 Å². The summed E-state index contributed by atoms with van der Waals surface area (Å²) in [5.74, 6) is -0.116. The maximum atomic E-state index is 11.8. The summed E-state index contributed by atoms with van der Waals surface area (Å²) < 4.78 is 5.07. The van der Waals surface area contributed by atoms with Crippen LogP contribution < -0.4 is 11.1 Å². The average Bonchev–Trinajstić information content (AvgIpc) is 2.45. The van der Waals surface area contributed by atoms with Gasteiger partial charge in [-0.3, -0.25) is 4.79 Å². The second-order valence-corrected chi connectivity index (χ2v) is 4.93. The van der Waals surface area contributed by atoms with E-state index >= 15 is 0 Å². The van der Waals surface area contributed by atoms with E-state index in [1.165, 1.54) is 7.11 Å². The van der Waals surface area contributed by atoms with Crippen LogP contribution in [0.1, 0.15) is 31.4 Å². The van der Waals surface area contributed by atoms with Gasteiger partial charge in [-0.2, -0.15) is 0 Å². The molecule has 112 valence electrons. The number of aliphatic hydroxyl groups is 1. The number of methoxy groups -OCH3 is 1. The molecule has 1 aromatic carbocycles. The van der Waals surface area contributed by atoms with E-state index in [0.29, 0.717) is 13.0 Å². The molecule has 0 saturated carbocycles. The van der Waals surface area contributed by atoms with Gasteiger partial charge in [-0.15, -0.1) is 0 Å². The number of amides is 1. The van der Waals surface area contributed by atoms with Crippen molar-refractivity contribution in [3.8, 4) is 0 Å². The molecule has 4 N–H and O–H groups in total. The normalized spacial score (nSPS) is 15.4. The zero-order chi connectivity index (χ0) is 15.0. The molecular weight excluding hydrogens is 256 g/mol. The van der Waals surface area contributed by atoms with Gasteiger partial charge in [-0.25, -0.2) is 0 Å². The molecule has 0 bridgehead atoms. The fourth-order valence-electron chi connectivity index (χ4n) is 2.01. The van der Waals surface area contributed by atoms with Crippen LogP contribution in [0.25, 0.3) is 0 Å². The third-order valence-corrected chi connectivity index (χ3v) is 3.18. The summed E-state index contributed by atoms with van der Waals surface area (Å²) >= 11 is 0. The molecule has 5 nitrogen and oxygen atoms in total. The number of hydrogen-bond acceptors (Lipinski definition) is 4. The fraction of sp³-hybridized carbons (Fsp3) is 0.533. The van der Waals surface area contributed by atoms with Gasteiger partial charge in [0.1, 0.15) is 0 Å². The van der Waals surface area contributed by atoms with Gasteiger partial charge >= 0.3 is 0 Å². The Labute approximate surface area is 120 Å². The molecule has 1 amide bonds. The van der Waals surface area contributed by atoms with Crippen LogP contribution in [0.3, 0.4) is 0 Å². The van der Waals surface area contributed by atoms with E-state index < -0.39 is 6.10 Å². The molecule has 0 spiro atoms. The Morgan fingerprint density at radius 1 is 1.40 bits per heavy atom. The average molecular weight is 280 g/mol. The highest BCUT2D eigenvalue weighted by molar-refractivity contribution is 5.76. The molecule has 0 heterocycles. The van der Waals surface area contributed by atoms with E-state index in [9.17, 15) is 9.90 Å². The Morgan fingerprint density at radius 2 is 2.05 bits per heavy atom. The molecule has 1 rings (SSSR count). The largest absolute Gasteiger partial charge is 0.388 e. The van der Waals surface area contributed by atoms with Crippen LogP contribution in [-0.2, 0) is 9.53 Å². The van der Waals surface area contributed by atoms with E-state index in [-0.39, 0.29) is 24.5 Å². The van der Waals surface area contributed by atoms with Crippen molar-refractivity contribution >= 4 is 5.91 Å². The second-order valence-electron chi connectivity index (χ2n) is 4.93. The Kier molecular flexibility index (Phi) is 7.22. The minimum Gasteiger partial charge on any atom is -0.388 e. The van der Waals surface area contributed by atoms with Crippen LogP contribution >= 0.6 is 0 Å². The monoisotopic (exact) mass is 280 g/mol. The van der Waals surface area contributed by atoms with E-state index in [0.717, 1.165) is 5.56 Å². The maximum Gasteiger partial charge on any atom is 0.222 e. The van der Waals surface area contributed by atoms with Gasteiger partial charge in [0.2, 0.25) is 5.91 Å². The summed E-state index contributed by atoms with van der Waals surface area (Å²) in [5, 5.41) is 12.9. The summed E-state index contributed by atoms with van der Waals surface area (Å²) in [6, 6.07) is 9.29. The van der Waals surface area contributed by atoms with Gasteiger partial charge in [0.25, 0.3) is 0 Å². The van der Waals surface area contributed by atoms with Crippen LogP contribution in [0.15, 0.2) is 30.3 Å². The zero-order valence-corrected chi connectivity index (χ0v) is 12.1. The maximum absolute atomic E-state index is 11.8. The lowest BCUT2D eigenvalue weighted by atomic mass is 10.0. The van der Waals surface area contributed by atoms with Gasteiger partial charge in [-0.05, 0) is 18.9 Å². The Morgan fingerprint density at radius 3 is 2.60 bits per heavy atom. The number of carbonyl (C=O) groups excluding carboxylic acids is 1. The van der Waals surface area contributed by atoms with Gasteiger partial charge in [0.05, 0.1) is 18.6 Å². The molecule has 0 aliphatic carbocycles. The van der Waals surface area contributed by atoms with E-state index in [1.807, 2.05) is 37.3 Å². The molecule has 1 aromatic rings. The summed E-state index contributed by atoms with van der Waals surface area (Å²) in [5.41, 5.74) is 6.33. The van der Waals surface area contributed by atoms with Crippen LogP contribution in [0.4, 0.5) is 0 Å². The molecule has 0 aliphatic heterocycles. The van der Waals surface area contributed by atoms with Crippen molar-refractivity contribution in [3.63, 3.8) is 0 Å². The predicted octanol–water partition coefficient (Wildman–Crippen LogP) is 0.979. The number of carbonyl (C=O) groups is 1. The number of hydrogen-bond donors (Lipinski definition) is 3. The summed E-state index contributed by atoms with van der Waals surface area (Å²) in [6.45, 7) is 2.18. The van der Waals surface area contributed by atoms with Crippen molar-refractivity contribution in [3.05, 3.63) is 35.9 Å². The SMILES string of the molecule is COC(CN)CC(=O)NC(C)CC(O)c1ccccc1. The lowest BCUT2D eigenvalue weighted by molar-refractivity contribution is -0.124. The van der Waals surface area contributed by atoms with Crippen LogP contribution in [0.2, 0.25) is 0 Å². The molecule has 3 unspecified atom stereocenters. The molecule has 0 aliphatic rings. The Bertz CT molecular complexity index is 393. The van der Waals surface area contributed by atoms with E-state index in [1.54, 1.807) is 0 Å². The highest BCUT2D eigenvalue weighted by Crippen LogP contribution is 2.17. The van der Waals surface area contributed by atoms with Crippen molar-refractivity contribution in [2.24, 2.45) is 5.73 Å². The van der Waals surface area contributed by atoms with Crippen molar-refractivity contribution in [1.29, 1.82) is 0 Å². The number of nitrogens with one attached hydrogen (secondary N) is 1. The molecule has 20 heavy (non-hydrogen) atoms.